The fourth-order valence-electron chi connectivity index (χ4n) is 2.69. The average molecular weight is 264 g/mol. The maximum Gasteiger partial charge on any atom is 0.305 e. The summed E-state index contributed by atoms with van der Waals surface area (Å²) < 4.78 is 7.22. The lowest BCUT2D eigenvalue weighted by atomic mass is 10.0. The number of rotatable bonds is 7. The second kappa shape index (κ2) is 7.31. The van der Waals surface area contributed by atoms with Gasteiger partial charge in [-0.05, 0) is 45.4 Å². The van der Waals surface area contributed by atoms with E-state index in [-0.39, 0.29) is 5.97 Å². The van der Waals surface area contributed by atoms with Crippen LogP contribution in [0.2, 0.25) is 0 Å². The number of imidazole rings is 1. The van der Waals surface area contributed by atoms with Crippen LogP contribution in [-0.4, -0.2) is 22.1 Å². The van der Waals surface area contributed by atoms with Crippen molar-refractivity contribution in [3.8, 4) is 0 Å². The van der Waals surface area contributed by atoms with Gasteiger partial charge in [-0.15, -0.1) is 0 Å². The molecule has 106 valence electrons. The van der Waals surface area contributed by atoms with Crippen molar-refractivity contribution >= 4 is 5.97 Å². The third-order valence-electron chi connectivity index (χ3n) is 3.70. The zero-order valence-electron chi connectivity index (χ0n) is 11.9. The molecule has 1 aromatic heterocycles. The maximum atomic E-state index is 11.2. The first-order valence-electron chi connectivity index (χ1n) is 7.49. The molecule has 0 amide bonds. The van der Waals surface area contributed by atoms with Gasteiger partial charge in [-0.2, -0.15) is 0 Å². The second-order valence-corrected chi connectivity index (χ2v) is 5.15. The smallest absolute Gasteiger partial charge is 0.305 e. The van der Waals surface area contributed by atoms with Crippen LogP contribution < -0.4 is 0 Å². The van der Waals surface area contributed by atoms with E-state index in [1.807, 2.05) is 13.3 Å². The van der Waals surface area contributed by atoms with Crippen LogP contribution in [0.3, 0.4) is 0 Å². The Bertz CT molecular complexity index is 412. The summed E-state index contributed by atoms with van der Waals surface area (Å²) in [7, 11) is 0. The van der Waals surface area contributed by atoms with E-state index in [4.69, 9.17) is 4.74 Å². The number of fused-ring (bicyclic) bond motifs is 1. The third kappa shape index (κ3) is 4.08. The number of hydrogen-bond donors (Lipinski definition) is 0. The Balaban J connectivity index is 1.66. The summed E-state index contributed by atoms with van der Waals surface area (Å²) in [4.78, 5) is 15.7. The van der Waals surface area contributed by atoms with E-state index in [9.17, 15) is 4.79 Å². The van der Waals surface area contributed by atoms with Gasteiger partial charge in [-0.3, -0.25) is 4.79 Å². The van der Waals surface area contributed by atoms with Crippen molar-refractivity contribution in [2.75, 3.05) is 6.61 Å². The summed E-state index contributed by atoms with van der Waals surface area (Å²) in [5.41, 5.74) is 2.74. The van der Waals surface area contributed by atoms with Gasteiger partial charge in [0.05, 0.1) is 18.6 Å². The molecule has 0 saturated carbocycles. The van der Waals surface area contributed by atoms with Crippen molar-refractivity contribution in [3.05, 3.63) is 17.7 Å². The quantitative estimate of drug-likeness (QED) is 0.562. The van der Waals surface area contributed by atoms with Crippen LogP contribution in [0, 0.1) is 0 Å². The van der Waals surface area contributed by atoms with Crippen molar-refractivity contribution in [3.63, 3.8) is 0 Å². The highest BCUT2D eigenvalue weighted by molar-refractivity contribution is 5.69. The first-order valence-corrected chi connectivity index (χ1v) is 7.49. The van der Waals surface area contributed by atoms with Gasteiger partial charge in [0.15, 0.2) is 0 Å². The average Bonchev–Trinajstić information content (AvgIpc) is 2.82. The topological polar surface area (TPSA) is 44.1 Å². The van der Waals surface area contributed by atoms with Gasteiger partial charge in [-0.1, -0.05) is 6.42 Å². The Morgan fingerprint density at radius 2 is 2.16 bits per heavy atom. The first kappa shape index (κ1) is 14.1. The zero-order valence-corrected chi connectivity index (χ0v) is 11.9. The molecule has 2 rings (SSSR count). The van der Waals surface area contributed by atoms with Gasteiger partial charge in [0.25, 0.3) is 0 Å². The van der Waals surface area contributed by atoms with Crippen LogP contribution in [0.4, 0.5) is 0 Å². The predicted molar refractivity (Wildman–Crippen MR) is 74.0 cm³/mol. The molecule has 0 fully saturated rings. The van der Waals surface area contributed by atoms with Crippen LogP contribution in [0.5, 0.6) is 0 Å². The van der Waals surface area contributed by atoms with Crippen LogP contribution in [0.1, 0.15) is 56.8 Å². The van der Waals surface area contributed by atoms with Gasteiger partial charge >= 0.3 is 5.97 Å². The number of aryl methyl sites for hydroxylation is 2. The van der Waals surface area contributed by atoms with E-state index >= 15 is 0 Å². The number of esters is 1. The maximum absolute atomic E-state index is 11.2. The van der Waals surface area contributed by atoms with E-state index in [1.54, 1.807) is 0 Å². The number of unbranched alkanes of at least 4 members (excludes halogenated alkanes) is 2. The lowest BCUT2D eigenvalue weighted by Gasteiger charge is -2.13. The van der Waals surface area contributed by atoms with Crippen LogP contribution in [0.15, 0.2) is 6.33 Å². The molecule has 1 aliphatic rings. The molecule has 0 unspecified atom stereocenters. The highest BCUT2D eigenvalue weighted by atomic mass is 16.5. The number of carbonyl (C=O) groups excluding carboxylic acids is 1. The fraction of sp³-hybridized carbons (Fsp3) is 0.733. The fourth-order valence-corrected chi connectivity index (χ4v) is 2.69. The summed E-state index contributed by atoms with van der Waals surface area (Å²) in [6.45, 7) is 3.37. The first-order chi connectivity index (χ1) is 9.31. The van der Waals surface area contributed by atoms with Crippen molar-refractivity contribution in [1.82, 2.24) is 9.55 Å². The Morgan fingerprint density at radius 3 is 3.00 bits per heavy atom. The number of aromatic nitrogens is 2. The largest absolute Gasteiger partial charge is 0.466 e. The Labute approximate surface area is 115 Å². The summed E-state index contributed by atoms with van der Waals surface area (Å²) in [6.07, 6.45) is 10.6. The molecule has 0 aromatic carbocycles. The van der Waals surface area contributed by atoms with Crippen molar-refractivity contribution < 1.29 is 9.53 Å². The summed E-state index contributed by atoms with van der Waals surface area (Å²) in [6, 6.07) is 0. The molecular weight excluding hydrogens is 240 g/mol. The molecule has 4 nitrogen and oxygen atoms in total. The molecular formula is C15H24N2O2. The predicted octanol–water partition coefficient (Wildman–Crippen LogP) is 2.89. The second-order valence-electron chi connectivity index (χ2n) is 5.15. The zero-order chi connectivity index (χ0) is 13.5. The number of ether oxygens (including phenoxy) is 1. The van der Waals surface area contributed by atoms with E-state index in [2.05, 4.69) is 9.55 Å². The molecule has 1 heterocycles. The molecule has 0 radical (unpaired) electrons. The van der Waals surface area contributed by atoms with E-state index < -0.39 is 0 Å². The van der Waals surface area contributed by atoms with Crippen molar-refractivity contribution in [2.45, 2.75) is 64.8 Å². The lowest BCUT2D eigenvalue weighted by molar-refractivity contribution is -0.143. The molecule has 1 aromatic rings. The summed E-state index contributed by atoms with van der Waals surface area (Å²) in [5, 5.41) is 0. The summed E-state index contributed by atoms with van der Waals surface area (Å²) >= 11 is 0. The highest BCUT2D eigenvalue weighted by Gasteiger charge is 2.14. The molecule has 0 atom stereocenters. The van der Waals surface area contributed by atoms with E-state index in [0.29, 0.717) is 13.0 Å². The number of carbonyl (C=O) groups is 1. The van der Waals surface area contributed by atoms with E-state index in [1.165, 1.54) is 30.7 Å². The molecule has 0 aliphatic heterocycles. The van der Waals surface area contributed by atoms with Gasteiger partial charge in [0.1, 0.15) is 0 Å². The van der Waals surface area contributed by atoms with Crippen LogP contribution in [-0.2, 0) is 28.9 Å². The molecule has 0 N–H and O–H groups in total. The van der Waals surface area contributed by atoms with Crippen LogP contribution >= 0.6 is 0 Å². The lowest BCUT2D eigenvalue weighted by Crippen LogP contribution is -2.08. The minimum absolute atomic E-state index is 0.0671. The highest BCUT2D eigenvalue weighted by Crippen LogP contribution is 2.20. The molecule has 4 heteroatoms. The molecule has 19 heavy (non-hydrogen) atoms. The van der Waals surface area contributed by atoms with Gasteiger partial charge in [0.2, 0.25) is 0 Å². The Morgan fingerprint density at radius 1 is 1.32 bits per heavy atom. The molecule has 0 saturated heterocycles. The van der Waals surface area contributed by atoms with Crippen molar-refractivity contribution in [2.24, 2.45) is 0 Å². The van der Waals surface area contributed by atoms with Gasteiger partial charge in [0, 0.05) is 18.7 Å². The number of hydrogen-bond acceptors (Lipinski definition) is 3. The Hall–Kier alpha value is -1.32. The number of nitrogens with zero attached hydrogens (tertiary/aromatic N) is 2. The van der Waals surface area contributed by atoms with E-state index in [0.717, 1.165) is 32.2 Å². The molecule has 0 spiro atoms. The minimum Gasteiger partial charge on any atom is -0.466 e. The van der Waals surface area contributed by atoms with Gasteiger partial charge in [-0.25, -0.2) is 4.98 Å². The van der Waals surface area contributed by atoms with Crippen molar-refractivity contribution in [1.29, 1.82) is 0 Å². The summed E-state index contributed by atoms with van der Waals surface area (Å²) in [5.74, 6) is -0.0671. The normalized spacial score (nSPS) is 14.2. The molecule has 1 aliphatic carbocycles. The Kier molecular flexibility index (Phi) is 5.43. The van der Waals surface area contributed by atoms with Crippen LogP contribution in [0.25, 0.3) is 0 Å². The standard InChI is InChI=1S/C15H24N2O2/c1-2-19-15(18)10-4-3-7-11-17-12-16-13-8-5-6-9-14(13)17/h12H,2-11H2,1H3. The molecule has 0 bridgehead atoms. The minimum atomic E-state index is -0.0671. The SMILES string of the molecule is CCOC(=O)CCCCCn1cnc2c1CCCC2. The van der Waals surface area contributed by atoms with Gasteiger partial charge < -0.3 is 9.30 Å². The third-order valence-corrected chi connectivity index (χ3v) is 3.70. The monoisotopic (exact) mass is 264 g/mol.